The molecule has 2 heterocycles. The lowest BCUT2D eigenvalue weighted by Crippen LogP contribution is -2.36. The third-order valence-corrected chi connectivity index (χ3v) is 6.21. The summed E-state index contributed by atoms with van der Waals surface area (Å²) in [4.78, 5) is 2.47. The number of rotatable bonds is 6. The number of aromatic nitrogens is 4. The van der Waals surface area contributed by atoms with Gasteiger partial charge in [-0.3, -0.25) is 4.90 Å². The first-order valence-electron chi connectivity index (χ1n) is 11.0. The summed E-state index contributed by atoms with van der Waals surface area (Å²) < 4.78 is 7.32. The summed E-state index contributed by atoms with van der Waals surface area (Å²) >= 11 is 0. The van der Waals surface area contributed by atoms with E-state index in [4.69, 9.17) is 4.74 Å². The van der Waals surface area contributed by atoms with Gasteiger partial charge >= 0.3 is 0 Å². The van der Waals surface area contributed by atoms with Crippen LogP contribution in [0.25, 0.3) is 0 Å². The Morgan fingerprint density at radius 3 is 2.44 bits per heavy atom. The highest BCUT2D eigenvalue weighted by Crippen LogP contribution is 2.33. The van der Waals surface area contributed by atoms with Crippen molar-refractivity contribution in [3.8, 4) is 5.75 Å². The van der Waals surface area contributed by atoms with Gasteiger partial charge in [-0.15, -0.1) is 5.10 Å². The van der Waals surface area contributed by atoms with Crippen LogP contribution in [-0.2, 0) is 19.5 Å². The van der Waals surface area contributed by atoms with Gasteiger partial charge in [0.25, 0.3) is 0 Å². The standard InChI is InChI=1S/C26H27N5O/c1-19-7-9-20(10-8-19)17-31-26(27-28-29-31)25(22-11-13-24(32-2)14-12-22)30-16-15-21-5-3-4-6-23(21)18-30/h3-14,25H,15-18H2,1-2H3. The lowest BCUT2D eigenvalue weighted by Gasteiger charge is -2.35. The van der Waals surface area contributed by atoms with Gasteiger partial charge in [0.1, 0.15) is 5.75 Å². The van der Waals surface area contributed by atoms with Crippen LogP contribution in [0.15, 0.2) is 72.8 Å². The summed E-state index contributed by atoms with van der Waals surface area (Å²) in [5.74, 6) is 1.70. The maximum Gasteiger partial charge on any atom is 0.173 e. The van der Waals surface area contributed by atoms with E-state index in [1.54, 1.807) is 7.11 Å². The van der Waals surface area contributed by atoms with E-state index in [-0.39, 0.29) is 6.04 Å². The van der Waals surface area contributed by atoms with Gasteiger partial charge in [-0.1, -0.05) is 66.2 Å². The Bertz CT molecular complexity index is 1180. The number of nitrogens with zero attached hydrogens (tertiary/aromatic N) is 5. The maximum absolute atomic E-state index is 5.38. The van der Waals surface area contributed by atoms with E-state index in [2.05, 4.69) is 88.0 Å². The highest BCUT2D eigenvalue weighted by molar-refractivity contribution is 5.34. The van der Waals surface area contributed by atoms with Crippen molar-refractivity contribution in [1.29, 1.82) is 0 Å². The Balaban J connectivity index is 1.52. The Morgan fingerprint density at radius 2 is 1.69 bits per heavy atom. The molecule has 1 aromatic heterocycles. The summed E-state index contributed by atoms with van der Waals surface area (Å²) in [5, 5.41) is 12.9. The molecule has 0 bridgehead atoms. The van der Waals surface area contributed by atoms with Gasteiger partial charge in [0.15, 0.2) is 5.82 Å². The predicted molar refractivity (Wildman–Crippen MR) is 123 cm³/mol. The fourth-order valence-corrected chi connectivity index (χ4v) is 4.43. The molecule has 1 aliphatic heterocycles. The van der Waals surface area contributed by atoms with Gasteiger partial charge in [0, 0.05) is 13.1 Å². The molecule has 1 aliphatic rings. The van der Waals surface area contributed by atoms with Crippen LogP contribution in [0.3, 0.4) is 0 Å². The second-order valence-electron chi connectivity index (χ2n) is 8.35. The van der Waals surface area contributed by atoms with E-state index in [0.29, 0.717) is 6.54 Å². The number of hydrogen-bond donors (Lipinski definition) is 0. The fraction of sp³-hybridized carbons (Fsp3) is 0.269. The van der Waals surface area contributed by atoms with E-state index in [0.717, 1.165) is 36.6 Å². The molecular formula is C26H27N5O. The first-order valence-corrected chi connectivity index (χ1v) is 11.0. The van der Waals surface area contributed by atoms with Gasteiger partial charge in [0.2, 0.25) is 0 Å². The lowest BCUT2D eigenvalue weighted by molar-refractivity contribution is 0.195. The number of hydrogen-bond acceptors (Lipinski definition) is 5. The molecule has 0 aliphatic carbocycles. The molecule has 0 fully saturated rings. The van der Waals surface area contributed by atoms with E-state index in [9.17, 15) is 0 Å². The highest BCUT2D eigenvalue weighted by Gasteiger charge is 2.30. The Labute approximate surface area is 188 Å². The van der Waals surface area contributed by atoms with E-state index in [1.165, 1.54) is 22.3 Å². The molecule has 1 atom stereocenters. The fourth-order valence-electron chi connectivity index (χ4n) is 4.43. The molecule has 0 spiro atoms. The van der Waals surface area contributed by atoms with Crippen molar-refractivity contribution in [2.45, 2.75) is 32.5 Å². The first-order chi connectivity index (χ1) is 15.7. The van der Waals surface area contributed by atoms with Crippen LogP contribution in [0.5, 0.6) is 5.75 Å². The molecule has 3 aromatic carbocycles. The molecule has 0 amide bonds. The normalized spacial score (nSPS) is 14.7. The average Bonchev–Trinajstić information content (AvgIpc) is 3.28. The monoisotopic (exact) mass is 425 g/mol. The Kier molecular flexibility index (Phi) is 5.69. The molecule has 32 heavy (non-hydrogen) atoms. The molecule has 162 valence electrons. The van der Waals surface area contributed by atoms with Crippen molar-refractivity contribution in [3.63, 3.8) is 0 Å². The minimum Gasteiger partial charge on any atom is -0.497 e. The average molecular weight is 426 g/mol. The van der Waals surface area contributed by atoms with Crippen molar-refractivity contribution >= 4 is 0 Å². The van der Waals surface area contributed by atoms with Gasteiger partial charge in [-0.05, 0) is 58.2 Å². The summed E-state index contributed by atoms with van der Waals surface area (Å²) in [5.41, 5.74) is 6.38. The largest absolute Gasteiger partial charge is 0.497 e. The molecule has 6 heteroatoms. The molecule has 1 unspecified atom stereocenters. The second-order valence-corrected chi connectivity index (χ2v) is 8.35. The number of methoxy groups -OCH3 is 1. The van der Waals surface area contributed by atoms with E-state index >= 15 is 0 Å². The molecule has 5 rings (SSSR count). The highest BCUT2D eigenvalue weighted by atomic mass is 16.5. The molecule has 6 nitrogen and oxygen atoms in total. The second kappa shape index (κ2) is 8.93. The van der Waals surface area contributed by atoms with Crippen LogP contribution in [-0.4, -0.2) is 38.8 Å². The number of benzene rings is 3. The minimum absolute atomic E-state index is 0.0466. The minimum atomic E-state index is -0.0466. The number of tetrazole rings is 1. The molecule has 0 radical (unpaired) electrons. The third-order valence-electron chi connectivity index (χ3n) is 6.21. The van der Waals surface area contributed by atoms with Crippen LogP contribution >= 0.6 is 0 Å². The summed E-state index contributed by atoms with van der Waals surface area (Å²) in [6, 6.07) is 25.4. The van der Waals surface area contributed by atoms with Crippen LogP contribution in [0.2, 0.25) is 0 Å². The number of ether oxygens (including phenoxy) is 1. The zero-order chi connectivity index (χ0) is 21.9. The SMILES string of the molecule is COc1ccc(C(c2nnnn2Cc2ccc(C)cc2)N2CCc3ccccc3C2)cc1. The Hall–Kier alpha value is -3.51. The Morgan fingerprint density at radius 1 is 0.938 bits per heavy atom. The predicted octanol–water partition coefficient (Wildman–Crippen LogP) is 4.19. The summed E-state index contributed by atoms with van der Waals surface area (Å²) in [6.07, 6.45) is 1.02. The quantitative estimate of drug-likeness (QED) is 0.464. The van der Waals surface area contributed by atoms with E-state index in [1.807, 2.05) is 16.8 Å². The van der Waals surface area contributed by atoms with Gasteiger partial charge in [-0.2, -0.15) is 0 Å². The topological polar surface area (TPSA) is 56.1 Å². The lowest BCUT2D eigenvalue weighted by atomic mass is 9.96. The van der Waals surface area contributed by atoms with Crippen molar-refractivity contribution in [2.75, 3.05) is 13.7 Å². The zero-order valence-corrected chi connectivity index (χ0v) is 18.5. The van der Waals surface area contributed by atoms with Crippen molar-refractivity contribution < 1.29 is 4.74 Å². The van der Waals surface area contributed by atoms with E-state index < -0.39 is 0 Å². The molecule has 0 saturated carbocycles. The third kappa shape index (κ3) is 4.14. The molecule has 0 N–H and O–H groups in total. The summed E-state index contributed by atoms with van der Waals surface area (Å²) in [7, 11) is 1.69. The van der Waals surface area contributed by atoms with Crippen LogP contribution in [0.4, 0.5) is 0 Å². The van der Waals surface area contributed by atoms with Crippen LogP contribution < -0.4 is 4.74 Å². The van der Waals surface area contributed by atoms with Gasteiger partial charge in [0.05, 0.1) is 19.7 Å². The number of aryl methyl sites for hydroxylation is 1. The van der Waals surface area contributed by atoms with Crippen LogP contribution in [0, 0.1) is 6.92 Å². The van der Waals surface area contributed by atoms with Crippen molar-refractivity contribution in [2.24, 2.45) is 0 Å². The smallest absolute Gasteiger partial charge is 0.173 e. The van der Waals surface area contributed by atoms with Crippen molar-refractivity contribution in [3.05, 3.63) is 106 Å². The van der Waals surface area contributed by atoms with Crippen LogP contribution in [0.1, 0.15) is 39.7 Å². The maximum atomic E-state index is 5.38. The summed E-state index contributed by atoms with van der Waals surface area (Å²) in [6.45, 7) is 4.55. The molecule has 4 aromatic rings. The van der Waals surface area contributed by atoms with Crippen molar-refractivity contribution in [1.82, 2.24) is 25.1 Å². The van der Waals surface area contributed by atoms with Gasteiger partial charge in [-0.25, -0.2) is 4.68 Å². The number of fused-ring (bicyclic) bond motifs is 1. The molecule has 0 saturated heterocycles. The first kappa shape index (κ1) is 20.4. The zero-order valence-electron chi connectivity index (χ0n) is 18.5. The molecular weight excluding hydrogens is 398 g/mol. The van der Waals surface area contributed by atoms with Gasteiger partial charge < -0.3 is 4.74 Å².